The summed E-state index contributed by atoms with van der Waals surface area (Å²) in [5.41, 5.74) is 0. The fraction of sp³-hybridized carbons (Fsp3) is 0.500. The van der Waals surface area contributed by atoms with Gasteiger partial charge in [-0.2, -0.15) is 0 Å². The van der Waals surface area contributed by atoms with E-state index in [4.69, 9.17) is 15.4 Å². The largest absolute Gasteiger partial charge is 0.458 e. The maximum Gasteiger partial charge on any atom is 0.348 e. The number of carbonyl (C=O) groups excluding carboxylic acids is 1. The Morgan fingerprint density at radius 3 is 2.59 bits per heavy atom. The van der Waals surface area contributed by atoms with Gasteiger partial charge in [0, 0.05) is 15.6 Å². The fourth-order valence-corrected chi connectivity index (χ4v) is 4.05. The highest BCUT2D eigenvalue weighted by molar-refractivity contribution is 8.13. The van der Waals surface area contributed by atoms with Crippen molar-refractivity contribution in [3.05, 3.63) is 15.8 Å². The van der Waals surface area contributed by atoms with Crippen LogP contribution in [0.15, 0.2) is 11.0 Å². The number of ether oxygens (including phenoxy) is 1. The van der Waals surface area contributed by atoms with Crippen molar-refractivity contribution in [2.45, 2.75) is 37.2 Å². The third-order valence-corrected chi connectivity index (χ3v) is 5.27. The van der Waals surface area contributed by atoms with Crippen molar-refractivity contribution in [3.63, 3.8) is 0 Å². The summed E-state index contributed by atoms with van der Waals surface area (Å²) < 4.78 is 27.6. The molecular formula is C10H11ClO4S2. The second-order valence-electron chi connectivity index (χ2n) is 3.93. The van der Waals surface area contributed by atoms with E-state index in [9.17, 15) is 13.2 Å². The topological polar surface area (TPSA) is 60.4 Å². The molecule has 0 radical (unpaired) electrons. The molecule has 0 unspecified atom stereocenters. The minimum Gasteiger partial charge on any atom is -0.458 e. The molecule has 0 bridgehead atoms. The number of halogens is 1. The summed E-state index contributed by atoms with van der Waals surface area (Å²) >= 11 is 1.09. The third kappa shape index (κ3) is 2.81. The van der Waals surface area contributed by atoms with Gasteiger partial charge in [0.2, 0.25) is 0 Å². The summed E-state index contributed by atoms with van der Waals surface area (Å²) in [5.74, 6) is -0.464. The van der Waals surface area contributed by atoms with Crippen molar-refractivity contribution in [1.82, 2.24) is 0 Å². The summed E-state index contributed by atoms with van der Waals surface area (Å²) in [6.45, 7) is 1.61. The predicted octanol–water partition coefficient (Wildman–Crippen LogP) is 2.69. The van der Waals surface area contributed by atoms with Gasteiger partial charge < -0.3 is 4.74 Å². The third-order valence-electron chi connectivity index (χ3n) is 2.66. The molecule has 0 saturated heterocycles. The lowest BCUT2D eigenvalue weighted by molar-refractivity contribution is 0.00954. The van der Waals surface area contributed by atoms with Gasteiger partial charge in [-0.25, -0.2) is 13.2 Å². The Hall–Kier alpha value is -0.590. The monoisotopic (exact) mass is 294 g/mol. The molecule has 1 heterocycles. The van der Waals surface area contributed by atoms with E-state index in [1.54, 1.807) is 6.92 Å². The van der Waals surface area contributed by atoms with E-state index in [0.717, 1.165) is 30.6 Å². The number of esters is 1. The molecule has 1 aromatic heterocycles. The summed E-state index contributed by atoms with van der Waals surface area (Å²) in [7, 11) is 1.46. The zero-order valence-electron chi connectivity index (χ0n) is 9.10. The van der Waals surface area contributed by atoms with Crippen molar-refractivity contribution < 1.29 is 17.9 Å². The molecule has 1 aromatic rings. The van der Waals surface area contributed by atoms with Gasteiger partial charge in [0.25, 0.3) is 9.05 Å². The van der Waals surface area contributed by atoms with E-state index in [0.29, 0.717) is 4.88 Å². The first-order valence-electron chi connectivity index (χ1n) is 5.14. The zero-order chi connectivity index (χ0) is 12.6. The van der Waals surface area contributed by atoms with Gasteiger partial charge in [-0.15, -0.1) is 11.3 Å². The van der Waals surface area contributed by atoms with Crippen molar-refractivity contribution in [2.24, 2.45) is 0 Å². The number of aryl methyl sites for hydroxylation is 1. The normalized spacial score (nSPS) is 16.6. The van der Waals surface area contributed by atoms with Gasteiger partial charge in [-0.05, 0) is 32.3 Å². The van der Waals surface area contributed by atoms with Gasteiger partial charge in [0.05, 0.1) is 4.90 Å². The maximum absolute atomic E-state index is 11.7. The smallest absolute Gasteiger partial charge is 0.348 e. The SMILES string of the molecule is Cc1sc(C(=O)OC2CCC2)cc1S(=O)(=O)Cl. The van der Waals surface area contributed by atoms with Crippen molar-refractivity contribution in [1.29, 1.82) is 0 Å². The lowest BCUT2D eigenvalue weighted by atomic mass is 9.96. The highest BCUT2D eigenvalue weighted by atomic mass is 35.7. The maximum atomic E-state index is 11.7. The number of rotatable bonds is 3. The molecule has 2 rings (SSSR count). The first kappa shape index (κ1) is 12.9. The number of hydrogen-bond donors (Lipinski definition) is 0. The molecule has 1 saturated carbocycles. The quantitative estimate of drug-likeness (QED) is 0.635. The molecule has 4 nitrogen and oxygen atoms in total. The van der Waals surface area contributed by atoms with Crippen LogP contribution in [0.3, 0.4) is 0 Å². The lowest BCUT2D eigenvalue weighted by Crippen LogP contribution is -2.24. The molecule has 0 amide bonds. The van der Waals surface area contributed by atoms with Crippen LogP contribution in [-0.4, -0.2) is 20.5 Å². The fourth-order valence-electron chi connectivity index (χ4n) is 1.51. The van der Waals surface area contributed by atoms with Crippen LogP contribution in [0, 0.1) is 6.92 Å². The summed E-state index contributed by atoms with van der Waals surface area (Å²) in [6, 6.07) is 1.28. The summed E-state index contributed by atoms with van der Waals surface area (Å²) in [5, 5.41) is 0. The second-order valence-corrected chi connectivity index (χ2v) is 7.72. The van der Waals surface area contributed by atoms with Crippen LogP contribution in [0.2, 0.25) is 0 Å². The van der Waals surface area contributed by atoms with E-state index in [2.05, 4.69) is 0 Å². The lowest BCUT2D eigenvalue weighted by Gasteiger charge is -2.24. The van der Waals surface area contributed by atoms with Gasteiger partial charge in [-0.3, -0.25) is 0 Å². The Morgan fingerprint density at radius 1 is 1.53 bits per heavy atom. The van der Waals surface area contributed by atoms with Crippen LogP contribution in [0.4, 0.5) is 0 Å². The van der Waals surface area contributed by atoms with E-state index < -0.39 is 15.0 Å². The number of carbonyl (C=O) groups is 1. The molecule has 0 N–H and O–H groups in total. The van der Waals surface area contributed by atoms with Crippen LogP contribution in [0.5, 0.6) is 0 Å². The van der Waals surface area contributed by atoms with Crippen LogP contribution >= 0.6 is 22.0 Å². The Bertz CT molecular complexity index is 543. The summed E-state index contributed by atoms with van der Waals surface area (Å²) in [6.07, 6.45) is 2.83. The molecule has 0 aromatic carbocycles. The highest BCUT2D eigenvalue weighted by Crippen LogP contribution is 2.30. The molecule has 1 aliphatic carbocycles. The first-order chi connectivity index (χ1) is 7.88. The van der Waals surface area contributed by atoms with Crippen LogP contribution < -0.4 is 0 Å². The van der Waals surface area contributed by atoms with Crippen molar-refractivity contribution in [3.8, 4) is 0 Å². The number of hydrogen-bond acceptors (Lipinski definition) is 5. The average Bonchev–Trinajstić information content (AvgIpc) is 2.53. The Labute approximate surface area is 108 Å². The Balaban J connectivity index is 2.19. The molecule has 94 valence electrons. The summed E-state index contributed by atoms with van der Waals surface area (Å²) in [4.78, 5) is 12.5. The van der Waals surface area contributed by atoms with Crippen LogP contribution in [0.1, 0.15) is 33.8 Å². The van der Waals surface area contributed by atoms with E-state index in [-0.39, 0.29) is 15.9 Å². The van der Waals surface area contributed by atoms with Crippen molar-refractivity contribution >= 4 is 37.0 Å². The first-order valence-corrected chi connectivity index (χ1v) is 8.26. The van der Waals surface area contributed by atoms with E-state index in [1.807, 2.05) is 0 Å². The van der Waals surface area contributed by atoms with Gasteiger partial charge in [-0.1, -0.05) is 0 Å². The molecule has 17 heavy (non-hydrogen) atoms. The van der Waals surface area contributed by atoms with Crippen molar-refractivity contribution in [2.75, 3.05) is 0 Å². The Morgan fingerprint density at radius 2 is 2.18 bits per heavy atom. The molecule has 0 aliphatic heterocycles. The number of thiophene rings is 1. The van der Waals surface area contributed by atoms with E-state index in [1.165, 1.54) is 6.07 Å². The molecule has 7 heteroatoms. The van der Waals surface area contributed by atoms with E-state index >= 15 is 0 Å². The van der Waals surface area contributed by atoms with Crippen LogP contribution in [0.25, 0.3) is 0 Å². The second kappa shape index (κ2) is 4.59. The highest BCUT2D eigenvalue weighted by Gasteiger charge is 2.25. The van der Waals surface area contributed by atoms with Gasteiger partial charge in [0.15, 0.2) is 0 Å². The minimum absolute atomic E-state index is 0.00951. The molecule has 1 fully saturated rings. The van der Waals surface area contributed by atoms with Crippen LogP contribution in [-0.2, 0) is 13.8 Å². The minimum atomic E-state index is -3.79. The molecular weight excluding hydrogens is 284 g/mol. The molecule has 1 aliphatic rings. The van der Waals surface area contributed by atoms with Gasteiger partial charge in [0.1, 0.15) is 11.0 Å². The standard InChI is InChI=1S/C10H11ClO4S2/c1-6-9(17(11,13)14)5-8(16-6)10(12)15-7-3-2-4-7/h5,7H,2-4H2,1H3. The average molecular weight is 295 g/mol. The molecule has 0 spiro atoms. The Kier molecular flexibility index (Phi) is 3.47. The predicted molar refractivity (Wildman–Crippen MR) is 65.1 cm³/mol. The zero-order valence-corrected chi connectivity index (χ0v) is 11.5. The molecule has 0 atom stereocenters. The van der Waals surface area contributed by atoms with Gasteiger partial charge >= 0.3 is 5.97 Å².